The zero-order valence-corrected chi connectivity index (χ0v) is 14.4. The molecule has 1 saturated heterocycles. The monoisotopic (exact) mass is 360 g/mol. The molecule has 2 saturated carbocycles. The van der Waals surface area contributed by atoms with E-state index in [1.54, 1.807) is 6.07 Å². The average Bonchev–Trinajstić information content (AvgIpc) is 2.89. The van der Waals surface area contributed by atoms with E-state index in [4.69, 9.17) is 0 Å². The molecule has 2 aromatic rings. The summed E-state index contributed by atoms with van der Waals surface area (Å²) in [6.07, 6.45) is 0.661. The van der Waals surface area contributed by atoms with Gasteiger partial charge in [-0.1, -0.05) is 11.6 Å². The van der Waals surface area contributed by atoms with E-state index in [1.807, 2.05) is 29.3 Å². The molecular formula is C18H17FN2O3S. The molecule has 0 amide bonds. The Bertz CT molecular complexity index is 915. The van der Waals surface area contributed by atoms with Gasteiger partial charge >= 0.3 is 5.97 Å². The number of carboxylic acid groups (broad SMARTS) is 1. The van der Waals surface area contributed by atoms with Crippen LogP contribution in [0.1, 0.15) is 12.0 Å². The summed E-state index contributed by atoms with van der Waals surface area (Å²) in [7, 11) is 0. The molecule has 130 valence electrons. The van der Waals surface area contributed by atoms with Crippen molar-refractivity contribution in [1.29, 1.82) is 0 Å². The van der Waals surface area contributed by atoms with Crippen LogP contribution in [-0.2, 0) is 4.79 Å². The van der Waals surface area contributed by atoms with Gasteiger partial charge in [-0.05, 0) is 25.5 Å². The number of thiazole rings is 1. The number of nitrogens with zero attached hydrogens (tertiary/aromatic N) is 2. The Kier molecular flexibility index (Phi) is 2.73. The summed E-state index contributed by atoms with van der Waals surface area (Å²) in [5, 5.41) is 22.0. The number of carbonyl (C=O) groups is 1. The van der Waals surface area contributed by atoms with Gasteiger partial charge in [0.25, 0.3) is 0 Å². The van der Waals surface area contributed by atoms with Gasteiger partial charge in [0.2, 0.25) is 5.67 Å². The molecule has 2 heterocycles. The fourth-order valence-corrected chi connectivity index (χ4v) is 5.75. The highest BCUT2D eigenvalue weighted by Gasteiger charge is 2.87. The standard InChI is InChI=1S/C18H17FN2O3S/c1-9-2-3-12(22)10(4-9)11-7-25-16(20-11)21-6-14-17(8-21)5-13(17)18(14,19)15(23)24/h2-4,7,13-14,22H,5-6,8H2,1H3,(H,23,24). The number of aromatic nitrogens is 1. The Labute approximate surface area is 147 Å². The topological polar surface area (TPSA) is 73.7 Å². The van der Waals surface area contributed by atoms with Gasteiger partial charge in [-0.25, -0.2) is 14.2 Å². The summed E-state index contributed by atoms with van der Waals surface area (Å²) in [4.78, 5) is 18.0. The molecule has 4 atom stereocenters. The minimum absolute atomic E-state index is 0.162. The normalized spacial score (nSPS) is 35.0. The second kappa shape index (κ2) is 4.52. The van der Waals surface area contributed by atoms with Gasteiger partial charge in [-0.3, -0.25) is 0 Å². The van der Waals surface area contributed by atoms with Crippen molar-refractivity contribution in [2.45, 2.75) is 19.0 Å². The van der Waals surface area contributed by atoms with E-state index in [2.05, 4.69) is 4.98 Å². The molecule has 1 spiro atoms. The first kappa shape index (κ1) is 15.1. The first-order chi connectivity index (χ1) is 11.9. The molecule has 5 rings (SSSR count). The van der Waals surface area contributed by atoms with Gasteiger partial charge in [0.05, 0.1) is 5.69 Å². The first-order valence-electron chi connectivity index (χ1n) is 8.29. The lowest BCUT2D eigenvalue weighted by molar-refractivity contribution is -0.169. The van der Waals surface area contributed by atoms with Crippen LogP contribution in [-0.4, -0.2) is 39.9 Å². The molecule has 3 aliphatic rings. The highest BCUT2D eigenvalue weighted by Crippen LogP contribution is 2.79. The Hall–Kier alpha value is -2.15. The molecule has 1 aromatic carbocycles. The fourth-order valence-electron chi connectivity index (χ4n) is 4.91. The molecule has 1 aliphatic heterocycles. The molecule has 1 aromatic heterocycles. The molecule has 2 aliphatic carbocycles. The molecule has 0 bridgehead atoms. The predicted octanol–water partition coefficient (Wildman–Crippen LogP) is 3.07. The highest BCUT2D eigenvalue weighted by molar-refractivity contribution is 7.14. The van der Waals surface area contributed by atoms with Crippen molar-refractivity contribution in [2.75, 3.05) is 18.0 Å². The zero-order chi connectivity index (χ0) is 17.6. The van der Waals surface area contributed by atoms with Crippen LogP contribution >= 0.6 is 11.3 Å². The van der Waals surface area contributed by atoms with Crippen molar-refractivity contribution in [1.82, 2.24) is 4.98 Å². The number of alkyl halides is 1. The van der Waals surface area contributed by atoms with Gasteiger partial charge in [0.1, 0.15) is 5.75 Å². The zero-order valence-electron chi connectivity index (χ0n) is 13.6. The van der Waals surface area contributed by atoms with Crippen molar-refractivity contribution < 1.29 is 19.4 Å². The van der Waals surface area contributed by atoms with E-state index in [9.17, 15) is 19.4 Å². The second-order valence-corrected chi connectivity index (χ2v) is 8.37. The number of halogens is 1. The van der Waals surface area contributed by atoms with Crippen LogP contribution in [0.2, 0.25) is 0 Å². The Balaban J connectivity index is 1.43. The van der Waals surface area contributed by atoms with Gasteiger partial charge in [-0.15, -0.1) is 11.3 Å². The van der Waals surface area contributed by atoms with Crippen LogP contribution in [0.3, 0.4) is 0 Å². The van der Waals surface area contributed by atoms with Gasteiger partial charge in [-0.2, -0.15) is 0 Å². The minimum Gasteiger partial charge on any atom is -0.507 e. The smallest absolute Gasteiger partial charge is 0.342 e. The fraction of sp³-hybridized carbons (Fsp3) is 0.444. The van der Waals surface area contributed by atoms with Crippen molar-refractivity contribution in [3.63, 3.8) is 0 Å². The number of aliphatic carboxylic acids is 1. The quantitative estimate of drug-likeness (QED) is 0.880. The van der Waals surface area contributed by atoms with Crippen LogP contribution in [0.15, 0.2) is 23.6 Å². The summed E-state index contributed by atoms with van der Waals surface area (Å²) in [6, 6.07) is 5.37. The molecular weight excluding hydrogens is 343 g/mol. The largest absolute Gasteiger partial charge is 0.507 e. The maximum absolute atomic E-state index is 14.8. The van der Waals surface area contributed by atoms with E-state index >= 15 is 0 Å². The van der Waals surface area contributed by atoms with Gasteiger partial charge in [0, 0.05) is 41.3 Å². The van der Waals surface area contributed by atoms with Gasteiger partial charge in [0.15, 0.2) is 5.13 Å². The number of aromatic hydroxyl groups is 1. The van der Waals surface area contributed by atoms with Crippen molar-refractivity contribution in [3.8, 4) is 17.0 Å². The summed E-state index contributed by atoms with van der Waals surface area (Å²) >= 11 is 1.45. The number of benzene rings is 1. The maximum atomic E-state index is 14.8. The van der Waals surface area contributed by atoms with Gasteiger partial charge < -0.3 is 15.1 Å². The molecule has 5 nitrogen and oxygen atoms in total. The molecule has 3 fully saturated rings. The lowest BCUT2D eigenvalue weighted by Crippen LogP contribution is -2.57. The molecule has 25 heavy (non-hydrogen) atoms. The number of hydrogen-bond donors (Lipinski definition) is 2. The average molecular weight is 360 g/mol. The molecule has 0 radical (unpaired) electrons. The highest BCUT2D eigenvalue weighted by atomic mass is 32.1. The van der Waals surface area contributed by atoms with Crippen LogP contribution in [0.4, 0.5) is 9.52 Å². The summed E-state index contributed by atoms with van der Waals surface area (Å²) in [6.45, 7) is 3.02. The number of rotatable bonds is 3. The van der Waals surface area contributed by atoms with Crippen LogP contribution in [0.25, 0.3) is 11.3 Å². The second-order valence-electron chi connectivity index (χ2n) is 7.53. The third kappa shape index (κ3) is 1.76. The lowest BCUT2D eigenvalue weighted by atomic mass is 9.64. The SMILES string of the molecule is Cc1ccc(O)c(-c2csc(N3CC4C5(CC5C4(F)C(=O)O)C3)n2)c1. The Morgan fingerprint density at radius 1 is 1.44 bits per heavy atom. The molecule has 4 unspecified atom stereocenters. The van der Waals surface area contributed by atoms with E-state index in [-0.39, 0.29) is 17.1 Å². The number of aryl methyl sites for hydroxylation is 1. The van der Waals surface area contributed by atoms with Crippen molar-refractivity contribution in [3.05, 3.63) is 29.1 Å². The van der Waals surface area contributed by atoms with E-state index in [0.717, 1.165) is 10.7 Å². The third-order valence-corrected chi connectivity index (χ3v) is 7.13. The summed E-state index contributed by atoms with van der Waals surface area (Å²) < 4.78 is 14.8. The lowest BCUT2D eigenvalue weighted by Gasteiger charge is -2.41. The third-order valence-electron chi connectivity index (χ3n) is 6.23. The molecule has 2 N–H and O–H groups in total. The van der Waals surface area contributed by atoms with Crippen LogP contribution < -0.4 is 4.90 Å². The number of anilines is 1. The predicted molar refractivity (Wildman–Crippen MR) is 91.7 cm³/mol. The summed E-state index contributed by atoms with van der Waals surface area (Å²) in [5.74, 6) is -1.92. The maximum Gasteiger partial charge on any atom is 0.342 e. The van der Waals surface area contributed by atoms with Crippen LogP contribution in [0, 0.1) is 24.2 Å². The number of carboxylic acids is 1. The van der Waals surface area contributed by atoms with Crippen molar-refractivity contribution in [2.24, 2.45) is 17.3 Å². The summed E-state index contributed by atoms with van der Waals surface area (Å²) in [5.41, 5.74) is 0.172. The first-order valence-corrected chi connectivity index (χ1v) is 9.17. The van der Waals surface area contributed by atoms with Crippen LogP contribution in [0.5, 0.6) is 5.75 Å². The van der Waals surface area contributed by atoms with E-state index < -0.39 is 17.6 Å². The number of hydrogen-bond acceptors (Lipinski definition) is 5. The molecule has 7 heteroatoms. The van der Waals surface area contributed by atoms with E-state index in [0.29, 0.717) is 30.8 Å². The Morgan fingerprint density at radius 2 is 2.24 bits per heavy atom. The minimum atomic E-state index is -2.07. The van der Waals surface area contributed by atoms with Crippen molar-refractivity contribution >= 4 is 22.4 Å². The number of phenolic OH excluding ortho intramolecular Hbond substituents is 1. The van der Waals surface area contributed by atoms with E-state index in [1.165, 1.54) is 11.3 Å². The number of phenols is 1. The Morgan fingerprint density at radius 3 is 3.00 bits per heavy atom.